The highest BCUT2D eigenvalue weighted by atomic mass is 35.5. The zero-order valence-corrected chi connectivity index (χ0v) is 17.0. The molecule has 0 bridgehead atoms. The highest BCUT2D eigenvalue weighted by Gasteiger charge is 2.30. The summed E-state index contributed by atoms with van der Waals surface area (Å²) in [5.74, 6) is -1.28. The number of carbonyl (C=O) groups excluding carboxylic acids is 1. The summed E-state index contributed by atoms with van der Waals surface area (Å²) in [6, 6.07) is 20.7. The average Bonchev–Trinajstić information content (AvgIpc) is 2.76. The van der Waals surface area contributed by atoms with Crippen molar-refractivity contribution in [2.45, 2.75) is 6.04 Å². The number of hydrogen-bond acceptors (Lipinski definition) is 2. The Bertz CT molecular complexity index is 999. The van der Waals surface area contributed by atoms with Gasteiger partial charge in [-0.25, -0.2) is 8.78 Å². The minimum Gasteiger partial charge on any atom is -0.336 e. The molecule has 1 atom stereocenters. The van der Waals surface area contributed by atoms with Crippen molar-refractivity contribution < 1.29 is 13.6 Å². The van der Waals surface area contributed by atoms with Crippen LogP contribution in [0.15, 0.2) is 72.8 Å². The van der Waals surface area contributed by atoms with Gasteiger partial charge in [-0.1, -0.05) is 60.1 Å². The lowest BCUT2D eigenvalue weighted by Gasteiger charge is -2.40. The number of piperazine rings is 1. The van der Waals surface area contributed by atoms with Crippen molar-refractivity contribution in [2.24, 2.45) is 0 Å². The van der Waals surface area contributed by atoms with Crippen molar-refractivity contribution in [2.75, 3.05) is 26.2 Å². The second kappa shape index (κ2) is 8.94. The summed E-state index contributed by atoms with van der Waals surface area (Å²) in [6.07, 6.45) is 0. The predicted octanol–water partition coefficient (Wildman–Crippen LogP) is 5.17. The van der Waals surface area contributed by atoms with Gasteiger partial charge in [-0.15, -0.1) is 0 Å². The molecular formula is C24H21ClF2N2O. The Morgan fingerprint density at radius 3 is 2.07 bits per heavy atom. The van der Waals surface area contributed by atoms with E-state index in [9.17, 15) is 13.6 Å². The summed E-state index contributed by atoms with van der Waals surface area (Å²) in [5, 5.41) is 0.121. The predicted molar refractivity (Wildman–Crippen MR) is 114 cm³/mol. The molecule has 0 aliphatic carbocycles. The molecule has 0 N–H and O–H groups in total. The summed E-state index contributed by atoms with van der Waals surface area (Å²) in [5.41, 5.74) is 2.01. The van der Waals surface area contributed by atoms with Gasteiger partial charge in [0.15, 0.2) is 0 Å². The number of nitrogens with zero attached hydrogens (tertiary/aromatic N) is 2. The molecule has 3 aromatic rings. The molecular weight excluding hydrogens is 406 g/mol. The van der Waals surface area contributed by atoms with E-state index >= 15 is 0 Å². The molecule has 1 aliphatic rings. The zero-order valence-electron chi connectivity index (χ0n) is 16.3. The third-order valence-corrected chi connectivity index (χ3v) is 5.76. The Hall–Kier alpha value is -2.76. The van der Waals surface area contributed by atoms with Crippen molar-refractivity contribution in [3.63, 3.8) is 0 Å². The summed E-state index contributed by atoms with van der Waals surface area (Å²) < 4.78 is 27.6. The molecule has 4 rings (SSSR count). The molecule has 0 aromatic heterocycles. The molecule has 1 aliphatic heterocycles. The van der Waals surface area contributed by atoms with E-state index in [-0.39, 0.29) is 22.4 Å². The molecule has 0 radical (unpaired) electrons. The number of rotatable bonds is 4. The van der Waals surface area contributed by atoms with Crippen molar-refractivity contribution in [1.29, 1.82) is 0 Å². The maximum absolute atomic E-state index is 14.2. The van der Waals surface area contributed by atoms with Gasteiger partial charge in [0.1, 0.15) is 11.6 Å². The SMILES string of the molecule is O=C(c1c(F)cccc1Cl)N1CCN([C@H](c2ccccc2)c2ccc(F)cc2)CC1. The molecule has 0 saturated carbocycles. The highest BCUT2D eigenvalue weighted by molar-refractivity contribution is 6.33. The van der Waals surface area contributed by atoms with Gasteiger partial charge >= 0.3 is 0 Å². The van der Waals surface area contributed by atoms with E-state index in [1.165, 1.54) is 30.3 Å². The fraction of sp³-hybridized carbons (Fsp3) is 0.208. The minimum absolute atomic E-state index is 0.0545. The van der Waals surface area contributed by atoms with E-state index in [0.717, 1.165) is 11.1 Å². The average molecular weight is 427 g/mol. The van der Waals surface area contributed by atoms with E-state index in [1.54, 1.807) is 17.0 Å². The molecule has 1 saturated heterocycles. The van der Waals surface area contributed by atoms with Crippen LogP contribution in [0.5, 0.6) is 0 Å². The standard InChI is InChI=1S/C24H21ClF2N2O/c25-20-7-4-8-21(27)22(20)24(30)29-15-13-28(14-16-29)23(17-5-2-1-3-6-17)18-9-11-19(26)12-10-18/h1-12,23H,13-16H2/t23-/m1/s1. The summed E-state index contributed by atoms with van der Waals surface area (Å²) in [7, 11) is 0. The van der Waals surface area contributed by atoms with Gasteiger partial charge in [-0.2, -0.15) is 0 Å². The lowest BCUT2D eigenvalue weighted by Crippen LogP contribution is -2.50. The number of halogens is 3. The van der Waals surface area contributed by atoms with Crippen LogP contribution in [0.1, 0.15) is 27.5 Å². The summed E-state index contributed by atoms with van der Waals surface area (Å²) in [4.78, 5) is 16.7. The fourth-order valence-electron chi connectivity index (χ4n) is 3.94. The van der Waals surface area contributed by atoms with Crippen LogP contribution in [-0.2, 0) is 0 Å². The van der Waals surface area contributed by atoms with Gasteiger partial charge in [0.05, 0.1) is 16.6 Å². The second-order valence-electron chi connectivity index (χ2n) is 7.29. The third-order valence-electron chi connectivity index (χ3n) is 5.44. The van der Waals surface area contributed by atoms with Crippen LogP contribution in [0.3, 0.4) is 0 Å². The molecule has 1 heterocycles. The van der Waals surface area contributed by atoms with Gasteiger partial charge < -0.3 is 4.90 Å². The lowest BCUT2D eigenvalue weighted by molar-refractivity contribution is 0.0593. The zero-order chi connectivity index (χ0) is 21.1. The molecule has 6 heteroatoms. The molecule has 3 nitrogen and oxygen atoms in total. The molecule has 1 fully saturated rings. The first-order valence-electron chi connectivity index (χ1n) is 9.82. The normalized spacial score (nSPS) is 15.8. The van der Waals surface area contributed by atoms with E-state index in [4.69, 9.17) is 11.6 Å². The molecule has 0 unspecified atom stereocenters. The maximum Gasteiger partial charge on any atom is 0.258 e. The number of benzene rings is 3. The van der Waals surface area contributed by atoms with Crippen LogP contribution in [-0.4, -0.2) is 41.9 Å². The largest absolute Gasteiger partial charge is 0.336 e. The smallest absolute Gasteiger partial charge is 0.258 e. The molecule has 154 valence electrons. The van der Waals surface area contributed by atoms with Crippen LogP contribution in [0.25, 0.3) is 0 Å². The highest BCUT2D eigenvalue weighted by Crippen LogP contribution is 2.30. The minimum atomic E-state index is -0.608. The molecule has 3 aromatic carbocycles. The van der Waals surface area contributed by atoms with Gasteiger partial charge in [-0.05, 0) is 35.4 Å². The van der Waals surface area contributed by atoms with Crippen LogP contribution in [0.4, 0.5) is 8.78 Å². The van der Waals surface area contributed by atoms with Crippen molar-refractivity contribution in [1.82, 2.24) is 9.80 Å². The third kappa shape index (κ3) is 4.23. The summed E-state index contributed by atoms with van der Waals surface area (Å²) >= 11 is 6.07. The lowest BCUT2D eigenvalue weighted by atomic mass is 9.96. The monoisotopic (exact) mass is 426 g/mol. The Morgan fingerprint density at radius 2 is 1.43 bits per heavy atom. The van der Waals surface area contributed by atoms with Gasteiger partial charge in [0.2, 0.25) is 0 Å². The maximum atomic E-state index is 14.2. The first-order chi connectivity index (χ1) is 14.5. The van der Waals surface area contributed by atoms with Crippen molar-refractivity contribution in [3.8, 4) is 0 Å². The first kappa shape index (κ1) is 20.5. The van der Waals surface area contributed by atoms with Crippen LogP contribution >= 0.6 is 11.6 Å². The summed E-state index contributed by atoms with van der Waals surface area (Å²) in [6.45, 7) is 2.12. The van der Waals surface area contributed by atoms with E-state index in [0.29, 0.717) is 26.2 Å². The van der Waals surface area contributed by atoms with Crippen molar-refractivity contribution >= 4 is 17.5 Å². The van der Waals surface area contributed by atoms with Gasteiger partial charge in [0, 0.05) is 26.2 Å². The van der Waals surface area contributed by atoms with Gasteiger partial charge in [-0.3, -0.25) is 9.69 Å². The fourth-order valence-corrected chi connectivity index (χ4v) is 4.18. The number of hydrogen-bond donors (Lipinski definition) is 0. The van der Waals surface area contributed by atoms with Crippen LogP contribution < -0.4 is 0 Å². The quantitative estimate of drug-likeness (QED) is 0.575. The number of amides is 1. The van der Waals surface area contributed by atoms with Crippen LogP contribution in [0, 0.1) is 11.6 Å². The van der Waals surface area contributed by atoms with E-state index in [1.807, 2.05) is 30.3 Å². The Morgan fingerprint density at radius 1 is 0.800 bits per heavy atom. The Kier molecular flexibility index (Phi) is 6.11. The molecule has 0 spiro atoms. The van der Waals surface area contributed by atoms with Crippen molar-refractivity contribution in [3.05, 3.63) is 106 Å². The van der Waals surface area contributed by atoms with Gasteiger partial charge in [0.25, 0.3) is 5.91 Å². The molecule has 30 heavy (non-hydrogen) atoms. The first-order valence-corrected chi connectivity index (χ1v) is 10.2. The van der Waals surface area contributed by atoms with Crippen LogP contribution in [0.2, 0.25) is 5.02 Å². The number of carbonyl (C=O) groups is 1. The Labute approximate surface area is 179 Å². The second-order valence-corrected chi connectivity index (χ2v) is 7.70. The van der Waals surface area contributed by atoms with E-state index < -0.39 is 11.7 Å². The Balaban J connectivity index is 1.54. The van der Waals surface area contributed by atoms with E-state index in [2.05, 4.69) is 4.90 Å². The topological polar surface area (TPSA) is 23.6 Å². The molecule has 1 amide bonds.